The average molecular weight is 366 g/mol. The summed E-state index contributed by atoms with van der Waals surface area (Å²) < 4.78 is 7.60. The molecule has 7 nitrogen and oxygen atoms in total. The van der Waals surface area contributed by atoms with Crippen molar-refractivity contribution < 1.29 is 14.6 Å². The van der Waals surface area contributed by atoms with Crippen LogP contribution in [-0.2, 0) is 17.8 Å². The molecular weight excluding hydrogens is 344 g/mol. The zero-order chi connectivity index (χ0) is 19.2. The van der Waals surface area contributed by atoms with Gasteiger partial charge in [0.2, 0.25) is 5.91 Å². The summed E-state index contributed by atoms with van der Waals surface area (Å²) in [6.45, 7) is 2.15. The van der Waals surface area contributed by atoms with Crippen molar-refractivity contribution >= 4 is 5.91 Å². The van der Waals surface area contributed by atoms with E-state index < -0.39 is 12.0 Å². The Balaban J connectivity index is 2.01. The third-order valence-electron chi connectivity index (χ3n) is 4.00. The minimum Gasteiger partial charge on any atom is -0.457 e. The van der Waals surface area contributed by atoms with Crippen molar-refractivity contribution in [2.75, 3.05) is 0 Å². The average Bonchev–Trinajstić information content (AvgIpc) is 3.04. The number of aromatic nitrogens is 3. The van der Waals surface area contributed by atoms with Gasteiger partial charge >= 0.3 is 0 Å². The molecule has 7 heteroatoms. The first-order valence-electron chi connectivity index (χ1n) is 8.79. The fourth-order valence-corrected chi connectivity index (χ4v) is 2.63. The van der Waals surface area contributed by atoms with Gasteiger partial charge in [-0.05, 0) is 30.7 Å². The normalized spacial score (nSPS) is 11.9. The lowest BCUT2D eigenvalue weighted by molar-refractivity contribution is -0.117. The molecule has 0 fully saturated rings. The smallest absolute Gasteiger partial charge is 0.225 e. The van der Waals surface area contributed by atoms with Gasteiger partial charge in [0.25, 0.3) is 0 Å². The molecule has 140 valence electrons. The Kier molecular flexibility index (Phi) is 5.83. The van der Waals surface area contributed by atoms with Gasteiger partial charge in [-0.1, -0.05) is 37.3 Å². The van der Waals surface area contributed by atoms with Crippen LogP contribution in [0.2, 0.25) is 0 Å². The predicted molar refractivity (Wildman–Crippen MR) is 101 cm³/mol. The lowest BCUT2D eigenvalue weighted by Gasteiger charge is -2.13. The molecule has 1 atom stereocenters. The molecule has 1 amide bonds. The van der Waals surface area contributed by atoms with Gasteiger partial charge in [0.1, 0.15) is 11.5 Å². The van der Waals surface area contributed by atoms with Crippen molar-refractivity contribution in [1.82, 2.24) is 14.8 Å². The molecule has 27 heavy (non-hydrogen) atoms. The van der Waals surface area contributed by atoms with E-state index in [-0.39, 0.29) is 13.0 Å². The first kappa shape index (κ1) is 18.6. The maximum absolute atomic E-state index is 11.3. The molecule has 1 heterocycles. The number of aliphatic hydroxyl groups is 1. The number of ether oxygens (including phenoxy) is 1. The minimum atomic E-state index is -0.575. The van der Waals surface area contributed by atoms with Gasteiger partial charge in [-0.2, -0.15) is 5.10 Å². The summed E-state index contributed by atoms with van der Waals surface area (Å²) in [5, 5.41) is 14.4. The maximum Gasteiger partial charge on any atom is 0.225 e. The van der Waals surface area contributed by atoms with Gasteiger partial charge in [-0.25, -0.2) is 9.67 Å². The van der Waals surface area contributed by atoms with Gasteiger partial charge in [0, 0.05) is 0 Å². The molecule has 0 bridgehead atoms. The number of carbonyl (C=O) groups excluding carboxylic acids is 1. The second kappa shape index (κ2) is 8.46. The van der Waals surface area contributed by atoms with E-state index in [1.165, 1.54) is 0 Å². The molecule has 0 aliphatic rings. The number of benzene rings is 2. The molecule has 2 aromatic carbocycles. The number of para-hydroxylation sites is 2. The molecule has 1 unspecified atom stereocenters. The number of nitrogens with zero attached hydrogens (tertiary/aromatic N) is 3. The van der Waals surface area contributed by atoms with Crippen LogP contribution < -0.4 is 10.5 Å². The number of carbonyl (C=O) groups is 1. The molecule has 3 N–H and O–H groups in total. The van der Waals surface area contributed by atoms with Crippen molar-refractivity contribution in [3.8, 4) is 22.9 Å². The van der Waals surface area contributed by atoms with E-state index in [2.05, 4.69) is 10.1 Å². The van der Waals surface area contributed by atoms with Crippen molar-refractivity contribution in [2.24, 2.45) is 5.73 Å². The van der Waals surface area contributed by atoms with E-state index in [1.54, 1.807) is 4.68 Å². The van der Waals surface area contributed by atoms with Gasteiger partial charge in [-0.3, -0.25) is 4.79 Å². The maximum atomic E-state index is 11.3. The summed E-state index contributed by atoms with van der Waals surface area (Å²) in [6.07, 6.45) is -0.0645. The zero-order valence-corrected chi connectivity index (χ0v) is 15.1. The van der Waals surface area contributed by atoms with Gasteiger partial charge in [0.15, 0.2) is 11.6 Å². The highest BCUT2D eigenvalue weighted by Crippen LogP contribution is 2.32. The summed E-state index contributed by atoms with van der Waals surface area (Å²) >= 11 is 0. The van der Waals surface area contributed by atoms with Gasteiger partial charge in [0.05, 0.1) is 24.6 Å². The third-order valence-corrected chi connectivity index (χ3v) is 4.00. The number of hydrogen-bond donors (Lipinski definition) is 2. The Labute approximate surface area is 157 Å². The van der Waals surface area contributed by atoms with Crippen LogP contribution in [0, 0.1) is 0 Å². The highest BCUT2D eigenvalue weighted by molar-refractivity contribution is 5.76. The van der Waals surface area contributed by atoms with Crippen LogP contribution in [0.25, 0.3) is 11.4 Å². The topological polar surface area (TPSA) is 103 Å². The first-order chi connectivity index (χ1) is 13.1. The van der Waals surface area contributed by atoms with E-state index >= 15 is 0 Å². The summed E-state index contributed by atoms with van der Waals surface area (Å²) in [5.74, 6) is 1.63. The van der Waals surface area contributed by atoms with E-state index in [9.17, 15) is 9.90 Å². The first-order valence-corrected chi connectivity index (χ1v) is 8.79. The molecule has 0 radical (unpaired) electrons. The van der Waals surface area contributed by atoms with Crippen LogP contribution in [0.5, 0.6) is 11.5 Å². The summed E-state index contributed by atoms with van der Waals surface area (Å²) in [6, 6.07) is 16.9. The Hall–Kier alpha value is -3.19. The van der Waals surface area contributed by atoms with E-state index in [4.69, 9.17) is 10.5 Å². The molecule has 1 aromatic heterocycles. The summed E-state index contributed by atoms with van der Waals surface area (Å²) in [7, 11) is 0. The third kappa shape index (κ3) is 4.71. The molecule has 3 aromatic rings. The van der Waals surface area contributed by atoms with Crippen LogP contribution in [0.1, 0.15) is 19.2 Å². The Morgan fingerprint density at radius 2 is 1.89 bits per heavy atom. The van der Waals surface area contributed by atoms with Crippen LogP contribution >= 0.6 is 0 Å². The second-order valence-electron chi connectivity index (χ2n) is 6.15. The molecular formula is C20H22N4O3. The minimum absolute atomic E-state index is 0.0655. The molecule has 0 saturated heterocycles. The lowest BCUT2D eigenvalue weighted by atomic mass is 10.2. The summed E-state index contributed by atoms with van der Waals surface area (Å²) in [4.78, 5) is 15.7. The van der Waals surface area contributed by atoms with Crippen LogP contribution in [0.4, 0.5) is 0 Å². The van der Waals surface area contributed by atoms with Gasteiger partial charge in [-0.15, -0.1) is 0 Å². The van der Waals surface area contributed by atoms with Crippen molar-refractivity contribution in [2.45, 2.75) is 32.4 Å². The van der Waals surface area contributed by atoms with E-state index in [1.807, 2.05) is 61.5 Å². The number of amides is 1. The molecule has 0 spiro atoms. The van der Waals surface area contributed by atoms with Crippen LogP contribution in [0.3, 0.4) is 0 Å². The Bertz CT molecular complexity index is 909. The molecule has 0 aliphatic heterocycles. The molecule has 0 saturated carbocycles. The SMILES string of the molecule is CCC(O)Cn1nc(CC(N)=O)nc1-c1ccccc1Oc1ccccc1. The summed E-state index contributed by atoms with van der Waals surface area (Å²) in [5.41, 5.74) is 6.00. The monoisotopic (exact) mass is 366 g/mol. The fourth-order valence-electron chi connectivity index (χ4n) is 2.63. The number of rotatable bonds is 8. The number of aliphatic hydroxyl groups excluding tert-OH is 1. The fraction of sp³-hybridized carbons (Fsp3) is 0.250. The predicted octanol–water partition coefficient (Wildman–Crippen LogP) is 2.54. The Morgan fingerprint density at radius 1 is 1.19 bits per heavy atom. The largest absolute Gasteiger partial charge is 0.457 e. The zero-order valence-electron chi connectivity index (χ0n) is 15.1. The lowest BCUT2D eigenvalue weighted by Crippen LogP contribution is -2.18. The Morgan fingerprint density at radius 3 is 2.59 bits per heavy atom. The van der Waals surface area contributed by atoms with Crippen molar-refractivity contribution in [3.63, 3.8) is 0 Å². The van der Waals surface area contributed by atoms with E-state index in [0.29, 0.717) is 35.1 Å². The number of nitrogens with two attached hydrogens (primary N) is 1. The van der Waals surface area contributed by atoms with Gasteiger partial charge < -0.3 is 15.6 Å². The van der Waals surface area contributed by atoms with Crippen LogP contribution in [-0.4, -0.2) is 31.9 Å². The van der Waals surface area contributed by atoms with Crippen molar-refractivity contribution in [1.29, 1.82) is 0 Å². The standard InChI is InChI=1S/C20H22N4O3/c1-2-14(25)13-24-20(22-19(23-24)12-18(21)26)16-10-6-7-11-17(16)27-15-8-4-3-5-9-15/h3-11,14,25H,2,12-13H2,1H3,(H2,21,26). The highest BCUT2D eigenvalue weighted by Gasteiger charge is 2.19. The quantitative estimate of drug-likeness (QED) is 0.638. The second-order valence-corrected chi connectivity index (χ2v) is 6.15. The highest BCUT2D eigenvalue weighted by atomic mass is 16.5. The number of hydrogen-bond acceptors (Lipinski definition) is 5. The van der Waals surface area contributed by atoms with E-state index in [0.717, 1.165) is 0 Å². The number of primary amides is 1. The molecule has 0 aliphatic carbocycles. The molecule has 3 rings (SSSR count). The van der Waals surface area contributed by atoms with Crippen molar-refractivity contribution in [3.05, 3.63) is 60.4 Å². The van der Waals surface area contributed by atoms with Crippen LogP contribution in [0.15, 0.2) is 54.6 Å².